The largest absolute Gasteiger partial charge is 0.339 e. The minimum Gasteiger partial charge on any atom is -0.339 e. The standard InChI is InChI=1S/C28H34ClN5O2/c1-18(2)34-24(15-17-31-34)27(35)33-26(21-8-6-4-5-7-9-21)28(36)32-22-12-10-20(11-13-22)25-19(3)30-16-14-23(25)29/h10-18,21,26H,4-9H2,1-3H3,(H,32,36)(H,33,35). The smallest absolute Gasteiger partial charge is 0.270 e. The Labute approximate surface area is 217 Å². The second-order valence-electron chi connectivity index (χ2n) is 9.78. The highest BCUT2D eigenvalue weighted by atomic mass is 35.5. The summed E-state index contributed by atoms with van der Waals surface area (Å²) in [4.78, 5) is 31.1. The number of rotatable bonds is 7. The lowest BCUT2D eigenvalue weighted by Gasteiger charge is -2.26. The van der Waals surface area contributed by atoms with Crippen molar-refractivity contribution in [3.05, 3.63) is 65.2 Å². The Morgan fingerprint density at radius 3 is 2.33 bits per heavy atom. The topological polar surface area (TPSA) is 88.9 Å². The summed E-state index contributed by atoms with van der Waals surface area (Å²) in [6, 6.07) is 10.4. The van der Waals surface area contributed by atoms with E-state index in [-0.39, 0.29) is 23.8 Å². The van der Waals surface area contributed by atoms with Crippen molar-refractivity contribution in [3.8, 4) is 11.1 Å². The molecular weight excluding hydrogens is 474 g/mol. The van der Waals surface area contributed by atoms with E-state index in [2.05, 4.69) is 20.7 Å². The first-order chi connectivity index (χ1) is 17.3. The SMILES string of the molecule is Cc1nccc(Cl)c1-c1ccc(NC(=O)C(NC(=O)c2ccnn2C(C)C)C2CCCCCC2)cc1. The van der Waals surface area contributed by atoms with E-state index in [0.717, 1.165) is 55.3 Å². The van der Waals surface area contributed by atoms with E-state index >= 15 is 0 Å². The Balaban J connectivity index is 1.54. The molecule has 2 N–H and O–H groups in total. The maximum Gasteiger partial charge on any atom is 0.270 e. The fourth-order valence-electron chi connectivity index (χ4n) is 4.98. The molecule has 1 atom stereocenters. The molecule has 0 saturated heterocycles. The number of aromatic nitrogens is 3. The van der Waals surface area contributed by atoms with Gasteiger partial charge in [-0.2, -0.15) is 5.10 Å². The Kier molecular flexibility index (Phi) is 8.41. The first-order valence-corrected chi connectivity index (χ1v) is 13.1. The van der Waals surface area contributed by atoms with Crippen LogP contribution in [0.25, 0.3) is 11.1 Å². The van der Waals surface area contributed by atoms with Gasteiger partial charge in [0.25, 0.3) is 5.91 Å². The first kappa shape index (κ1) is 25.9. The normalized spacial score (nSPS) is 15.4. The van der Waals surface area contributed by atoms with Crippen molar-refractivity contribution in [3.63, 3.8) is 0 Å². The summed E-state index contributed by atoms with van der Waals surface area (Å²) in [6.45, 7) is 5.87. The van der Waals surface area contributed by atoms with Gasteiger partial charge in [0.15, 0.2) is 0 Å². The third-order valence-corrected chi connectivity index (χ3v) is 7.18. The molecule has 1 aromatic carbocycles. The maximum atomic E-state index is 13.5. The zero-order chi connectivity index (χ0) is 25.7. The highest BCUT2D eigenvalue weighted by molar-refractivity contribution is 6.33. The number of anilines is 1. The number of nitrogens with zero attached hydrogens (tertiary/aromatic N) is 3. The van der Waals surface area contributed by atoms with Gasteiger partial charge < -0.3 is 10.6 Å². The Morgan fingerprint density at radius 2 is 1.69 bits per heavy atom. The minimum atomic E-state index is -0.624. The van der Waals surface area contributed by atoms with Gasteiger partial charge in [0.05, 0.1) is 5.02 Å². The van der Waals surface area contributed by atoms with Crippen molar-refractivity contribution < 1.29 is 9.59 Å². The number of nitrogens with one attached hydrogen (secondary N) is 2. The molecule has 0 aliphatic heterocycles. The average molecular weight is 508 g/mol. The summed E-state index contributed by atoms with van der Waals surface area (Å²) in [5.41, 5.74) is 3.78. The number of benzene rings is 1. The average Bonchev–Trinajstić information content (AvgIpc) is 3.20. The van der Waals surface area contributed by atoms with Crippen LogP contribution in [0, 0.1) is 12.8 Å². The van der Waals surface area contributed by atoms with Crippen molar-refractivity contribution in [1.29, 1.82) is 0 Å². The summed E-state index contributed by atoms with van der Waals surface area (Å²) in [6.07, 6.45) is 9.59. The second kappa shape index (κ2) is 11.7. The predicted molar refractivity (Wildman–Crippen MR) is 143 cm³/mol. The third-order valence-electron chi connectivity index (χ3n) is 6.86. The van der Waals surface area contributed by atoms with Crippen LogP contribution in [0.3, 0.4) is 0 Å². The van der Waals surface area contributed by atoms with Crippen LogP contribution in [0.5, 0.6) is 0 Å². The molecule has 8 heteroatoms. The molecule has 0 bridgehead atoms. The molecule has 36 heavy (non-hydrogen) atoms. The molecule has 3 aromatic rings. The third kappa shape index (κ3) is 5.95. The van der Waals surface area contributed by atoms with Crippen LogP contribution in [0.1, 0.15) is 74.6 Å². The molecule has 1 saturated carbocycles. The van der Waals surface area contributed by atoms with Crippen molar-refractivity contribution in [2.75, 3.05) is 5.32 Å². The molecule has 1 unspecified atom stereocenters. The highest BCUT2D eigenvalue weighted by Gasteiger charge is 2.31. The molecule has 2 aromatic heterocycles. The number of hydrogen-bond donors (Lipinski definition) is 2. The fraction of sp³-hybridized carbons (Fsp3) is 0.429. The van der Waals surface area contributed by atoms with Crippen LogP contribution in [0.4, 0.5) is 5.69 Å². The molecule has 1 aliphatic carbocycles. The Hall–Kier alpha value is -3.19. The van der Waals surface area contributed by atoms with E-state index in [1.807, 2.05) is 45.0 Å². The molecule has 7 nitrogen and oxygen atoms in total. The lowest BCUT2D eigenvalue weighted by molar-refractivity contribution is -0.119. The number of carbonyl (C=O) groups excluding carboxylic acids is 2. The maximum absolute atomic E-state index is 13.5. The molecule has 2 amide bonds. The summed E-state index contributed by atoms with van der Waals surface area (Å²) in [7, 11) is 0. The van der Waals surface area contributed by atoms with Crippen LogP contribution >= 0.6 is 11.6 Å². The molecule has 0 spiro atoms. The van der Waals surface area contributed by atoms with Gasteiger partial charge in [-0.05, 0) is 69.4 Å². The van der Waals surface area contributed by atoms with Gasteiger partial charge in [0.1, 0.15) is 11.7 Å². The second-order valence-corrected chi connectivity index (χ2v) is 10.2. The van der Waals surface area contributed by atoms with E-state index in [9.17, 15) is 9.59 Å². The number of aryl methyl sites for hydroxylation is 1. The summed E-state index contributed by atoms with van der Waals surface area (Å²) in [5, 5.41) is 11.0. The highest BCUT2D eigenvalue weighted by Crippen LogP contribution is 2.31. The number of pyridine rings is 1. The van der Waals surface area contributed by atoms with Gasteiger partial charge in [0, 0.05) is 35.4 Å². The summed E-state index contributed by atoms with van der Waals surface area (Å²) >= 11 is 6.39. The van der Waals surface area contributed by atoms with E-state index in [1.165, 1.54) is 0 Å². The zero-order valence-corrected chi connectivity index (χ0v) is 21.9. The Morgan fingerprint density at radius 1 is 1.00 bits per heavy atom. The molecule has 1 fully saturated rings. The summed E-state index contributed by atoms with van der Waals surface area (Å²) in [5.74, 6) is -0.389. The van der Waals surface area contributed by atoms with Gasteiger partial charge in [-0.25, -0.2) is 0 Å². The molecular formula is C28H34ClN5O2. The molecule has 1 aliphatic rings. The van der Waals surface area contributed by atoms with Gasteiger partial charge >= 0.3 is 0 Å². The van der Waals surface area contributed by atoms with E-state index in [4.69, 9.17) is 11.6 Å². The van der Waals surface area contributed by atoms with Crippen LogP contribution < -0.4 is 10.6 Å². The lowest BCUT2D eigenvalue weighted by atomic mass is 9.91. The van der Waals surface area contributed by atoms with Gasteiger partial charge in [0.2, 0.25) is 5.91 Å². The van der Waals surface area contributed by atoms with E-state index in [1.54, 1.807) is 29.2 Å². The van der Waals surface area contributed by atoms with Crippen molar-refractivity contribution in [2.45, 2.75) is 71.4 Å². The predicted octanol–water partition coefficient (Wildman–Crippen LogP) is 6.20. The minimum absolute atomic E-state index is 0.0429. The Bertz CT molecular complexity index is 1180. The summed E-state index contributed by atoms with van der Waals surface area (Å²) < 4.78 is 1.68. The first-order valence-electron chi connectivity index (χ1n) is 12.7. The number of halogens is 1. The molecule has 0 radical (unpaired) electrons. The fourth-order valence-corrected chi connectivity index (χ4v) is 5.29. The van der Waals surface area contributed by atoms with Gasteiger partial charge in [-0.15, -0.1) is 0 Å². The lowest BCUT2D eigenvalue weighted by Crippen LogP contribution is -2.49. The van der Waals surface area contributed by atoms with E-state index < -0.39 is 6.04 Å². The van der Waals surface area contributed by atoms with Crippen LogP contribution in [-0.2, 0) is 4.79 Å². The zero-order valence-electron chi connectivity index (χ0n) is 21.1. The van der Waals surface area contributed by atoms with E-state index in [0.29, 0.717) is 16.4 Å². The molecule has 4 rings (SSSR count). The van der Waals surface area contributed by atoms with Gasteiger partial charge in [-0.1, -0.05) is 49.4 Å². The van der Waals surface area contributed by atoms with Crippen LogP contribution in [0.2, 0.25) is 5.02 Å². The number of carbonyl (C=O) groups is 2. The van der Waals surface area contributed by atoms with Gasteiger partial charge in [-0.3, -0.25) is 19.3 Å². The number of hydrogen-bond acceptors (Lipinski definition) is 4. The number of amides is 2. The van der Waals surface area contributed by atoms with Crippen molar-refractivity contribution in [2.24, 2.45) is 5.92 Å². The van der Waals surface area contributed by atoms with Crippen molar-refractivity contribution >= 4 is 29.1 Å². The molecule has 190 valence electrons. The van der Waals surface area contributed by atoms with Crippen LogP contribution in [0.15, 0.2) is 48.8 Å². The van der Waals surface area contributed by atoms with Crippen LogP contribution in [-0.4, -0.2) is 32.6 Å². The molecule has 2 heterocycles. The monoisotopic (exact) mass is 507 g/mol. The van der Waals surface area contributed by atoms with Crippen molar-refractivity contribution in [1.82, 2.24) is 20.1 Å². The quantitative estimate of drug-likeness (QED) is 0.373.